The molecular weight excluding hydrogens is 573 g/mol. The molecule has 0 saturated carbocycles. The summed E-state index contributed by atoms with van der Waals surface area (Å²) in [5, 5.41) is 1.63. The lowest BCUT2D eigenvalue weighted by Gasteiger charge is -2.54. The van der Waals surface area contributed by atoms with Gasteiger partial charge in [-0.05, 0) is 41.3 Å². The number of aromatic nitrogens is 2. The van der Waals surface area contributed by atoms with Crippen molar-refractivity contribution in [2.24, 2.45) is 0 Å². The number of pyridine rings is 1. The highest BCUT2D eigenvalue weighted by Crippen LogP contribution is 2.33. The maximum absolute atomic E-state index is 14.2. The van der Waals surface area contributed by atoms with Crippen LogP contribution in [0.15, 0.2) is 78.6 Å². The number of para-hydroxylation sites is 1. The van der Waals surface area contributed by atoms with Crippen molar-refractivity contribution in [1.82, 2.24) is 29.2 Å². The van der Waals surface area contributed by atoms with Crippen LogP contribution in [0.4, 0.5) is 0 Å². The van der Waals surface area contributed by atoms with Gasteiger partial charge in [0.2, 0.25) is 21.8 Å². The Kier molecular flexibility index (Phi) is 8.04. The molecule has 0 aliphatic carbocycles. The topological polar surface area (TPSA) is 107 Å². The minimum absolute atomic E-state index is 0.0478. The van der Waals surface area contributed by atoms with Gasteiger partial charge in [-0.3, -0.25) is 14.6 Å². The third kappa shape index (κ3) is 5.54. The highest BCUT2D eigenvalue weighted by Gasteiger charge is 2.53. The smallest absolute Gasteiger partial charge is 0.246 e. The first-order chi connectivity index (χ1) is 20.4. The summed E-state index contributed by atoms with van der Waals surface area (Å²) in [6.45, 7) is 2.54. The molecule has 218 valence electrons. The van der Waals surface area contributed by atoms with Crippen LogP contribution in [-0.4, -0.2) is 81.3 Å². The molecule has 42 heavy (non-hydrogen) atoms. The summed E-state index contributed by atoms with van der Waals surface area (Å²) < 4.78 is 30.7. The Morgan fingerprint density at radius 2 is 1.76 bits per heavy atom. The van der Waals surface area contributed by atoms with E-state index in [4.69, 9.17) is 0 Å². The van der Waals surface area contributed by atoms with Crippen molar-refractivity contribution in [3.8, 4) is 0 Å². The van der Waals surface area contributed by atoms with Gasteiger partial charge in [-0.15, -0.1) is 15.8 Å². The minimum atomic E-state index is -3.95. The number of fused-ring (bicyclic) bond motifs is 2. The molecule has 2 amide bonds. The van der Waals surface area contributed by atoms with E-state index >= 15 is 0 Å². The van der Waals surface area contributed by atoms with E-state index < -0.39 is 22.2 Å². The van der Waals surface area contributed by atoms with Crippen LogP contribution in [0.2, 0.25) is 0 Å². The minimum Gasteiger partial charge on any atom is -0.333 e. The fourth-order valence-corrected chi connectivity index (χ4v) is 8.42. The van der Waals surface area contributed by atoms with E-state index in [0.29, 0.717) is 18.5 Å². The van der Waals surface area contributed by atoms with E-state index in [1.807, 2.05) is 55.5 Å². The number of hydrogen-bond acceptors (Lipinski definition) is 8. The number of thiazole rings is 1. The maximum Gasteiger partial charge on any atom is 0.246 e. The second-order valence-corrected chi connectivity index (χ2v) is 13.3. The Hall–Kier alpha value is -3.71. The monoisotopic (exact) mass is 604 g/mol. The molecule has 2 aromatic carbocycles. The Labute approximate surface area is 249 Å². The first kappa shape index (κ1) is 28.4. The number of rotatable bonds is 9. The van der Waals surface area contributed by atoms with Crippen molar-refractivity contribution in [3.63, 3.8) is 0 Å². The Bertz CT molecular complexity index is 1680. The van der Waals surface area contributed by atoms with Crippen molar-refractivity contribution in [2.45, 2.75) is 44.3 Å². The zero-order valence-electron chi connectivity index (χ0n) is 23.2. The number of nitrogens with zero attached hydrogens (tertiary/aromatic N) is 6. The van der Waals surface area contributed by atoms with Crippen LogP contribution in [0.25, 0.3) is 10.2 Å². The van der Waals surface area contributed by atoms with E-state index in [0.717, 1.165) is 21.3 Å². The first-order valence-electron chi connectivity index (χ1n) is 14.0. The Morgan fingerprint density at radius 1 is 0.976 bits per heavy atom. The fourth-order valence-electron chi connectivity index (χ4n) is 5.92. The van der Waals surface area contributed by atoms with Crippen LogP contribution < -0.4 is 0 Å². The predicted octanol–water partition coefficient (Wildman–Crippen LogP) is 3.27. The molecule has 10 nitrogen and oxygen atoms in total. The summed E-state index contributed by atoms with van der Waals surface area (Å²) in [4.78, 5) is 39.7. The van der Waals surface area contributed by atoms with Crippen LogP contribution in [0.3, 0.4) is 0 Å². The summed E-state index contributed by atoms with van der Waals surface area (Å²) in [6, 6.07) is 17.9. The SMILES string of the molecule is CCCN1CC(=O)N2[C@@H](Cc3ccccc3)C(=O)N(Cc3cccc4scnc34)C[C@@H]2N1S(=O)(=O)Cc1ccncc1. The fraction of sp³-hybridized carbons (Fsp3) is 0.333. The number of hydrazine groups is 1. The van der Waals surface area contributed by atoms with Crippen molar-refractivity contribution in [1.29, 1.82) is 0 Å². The standard InChI is InChI=1S/C30H32N6O4S2/c1-2-15-34-19-28(37)35-25(16-22-7-4-3-5-8-22)30(38)33(17-24-9-6-10-26-29(24)32-21-41-26)18-27(35)36(34)42(39,40)20-23-11-13-31-14-12-23/h3-14,21,25,27H,2,15-20H2,1H3/t25-,27-/m0/s1. The Balaban J connectivity index is 1.42. The van der Waals surface area contributed by atoms with E-state index in [1.54, 1.807) is 39.9 Å². The molecule has 0 radical (unpaired) electrons. The molecule has 2 saturated heterocycles. The molecule has 2 aliphatic rings. The van der Waals surface area contributed by atoms with Crippen LogP contribution in [-0.2, 0) is 38.3 Å². The number of carbonyl (C=O) groups excluding carboxylic acids is 2. The van der Waals surface area contributed by atoms with E-state index in [9.17, 15) is 18.0 Å². The molecule has 0 spiro atoms. The van der Waals surface area contributed by atoms with Gasteiger partial charge in [-0.2, -0.15) is 0 Å². The average Bonchev–Trinajstić information content (AvgIpc) is 3.46. The summed E-state index contributed by atoms with van der Waals surface area (Å²) in [5.41, 5.74) is 4.99. The normalized spacial score (nSPS) is 20.3. The molecule has 0 unspecified atom stereocenters. The summed E-state index contributed by atoms with van der Waals surface area (Å²) >= 11 is 1.53. The van der Waals surface area contributed by atoms with E-state index in [2.05, 4.69) is 9.97 Å². The van der Waals surface area contributed by atoms with E-state index in [1.165, 1.54) is 20.7 Å². The molecule has 0 N–H and O–H groups in total. The highest BCUT2D eigenvalue weighted by atomic mass is 32.2. The number of sulfonamides is 1. The van der Waals surface area contributed by atoms with E-state index in [-0.39, 0.29) is 43.6 Å². The number of amides is 2. The number of piperazine rings is 1. The van der Waals surface area contributed by atoms with Gasteiger partial charge in [-0.25, -0.2) is 18.4 Å². The number of carbonyl (C=O) groups is 2. The van der Waals surface area contributed by atoms with Crippen molar-refractivity contribution < 1.29 is 18.0 Å². The Morgan fingerprint density at radius 3 is 2.52 bits per heavy atom. The third-order valence-corrected chi connectivity index (χ3v) is 10.3. The van der Waals surface area contributed by atoms with Gasteiger partial charge in [0.1, 0.15) is 12.2 Å². The maximum atomic E-state index is 14.2. The molecule has 0 bridgehead atoms. The first-order valence-corrected chi connectivity index (χ1v) is 16.5. The molecule has 4 aromatic rings. The lowest BCUT2D eigenvalue weighted by molar-refractivity contribution is -0.184. The van der Waals surface area contributed by atoms with Crippen LogP contribution in [0, 0.1) is 0 Å². The average molecular weight is 605 g/mol. The quantitative estimate of drug-likeness (QED) is 0.289. The molecule has 12 heteroatoms. The second kappa shape index (κ2) is 11.9. The van der Waals surface area contributed by atoms with Gasteiger partial charge >= 0.3 is 0 Å². The lowest BCUT2D eigenvalue weighted by Crippen LogP contribution is -2.75. The number of benzene rings is 2. The van der Waals surface area contributed by atoms with Crippen LogP contribution in [0.1, 0.15) is 30.0 Å². The van der Waals surface area contributed by atoms with Gasteiger partial charge in [-0.1, -0.05) is 49.4 Å². The van der Waals surface area contributed by atoms with Gasteiger partial charge in [0.15, 0.2) is 0 Å². The van der Waals surface area contributed by atoms with Gasteiger partial charge in [0.05, 0.1) is 34.6 Å². The van der Waals surface area contributed by atoms with Crippen molar-refractivity contribution in [2.75, 3.05) is 19.6 Å². The summed E-state index contributed by atoms with van der Waals surface area (Å²) in [7, 11) is -3.95. The zero-order chi connectivity index (χ0) is 29.3. The predicted molar refractivity (Wildman–Crippen MR) is 160 cm³/mol. The molecule has 2 atom stereocenters. The molecule has 2 fully saturated rings. The third-order valence-electron chi connectivity index (χ3n) is 7.72. The molecular formula is C30H32N6O4S2. The van der Waals surface area contributed by atoms with Crippen LogP contribution >= 0.6 is 11.3 Å². The van der Waals surface area contributed by atoms with Crippen LogP contribution in [0.5, 0.6) is 0 Å². The molecule has 4 heterocycles. The second-order valence-electron chi connectivity index (χ2n) is 10.6. The summed E-state index contributed by atoms with van der Waals surface area (Å²) in [5.74, 6) is -0.700. The highest BCUT2D eigenvalue weighted by molar-refractivity contribution is 7.88. The number of hydrogen-bond donors (Lipinski definition) is 0. The van der Waals surface area contributed by atoms with Gasteiger partial charge in [0, 0.05) is 31.9 Å². The van der Waals surface area contributed by atoms with Crippen molar-refractivity contribution in [3.05, 3.63) is 95.3 Å². The van der Waals surface area contributed by atoms with Gasteiger partial charge < -0.3 is 9.80 Å². The molecule has 2 aliphatic heterocycles. The largest absolute Gasteiger partial charge is 0.333 e. The molecule has 2 aromatic heterocycles. The molecule has 6 rings (SSSR count). The summed E-state index contributed by atoms with van der Waals surface area (Å²) in [6.07, 6.45) is 3.19. The van der Waals surface area contributed by atoms with Gasteiger partial charge in [0.25, 0.3) is 0 Å². The zero-order valence-corrected chi connectivity index (χ0v) is 24.9. The lowest BCUT2D eigenvalue weighted by atomic mass is 9.98. The van der Waals surface area contributed by atoms with Crippen molar-refractivity contribution >= 4 is 43.4 Å².